The first kappa shape index (κ1) is 39.8. The van der Waals surface area contributed by atoms with Crippen molar-refractivity contribution >= 4 is 39.4 Å². The van der Waals surface area contributed by atoms with E-state index in [1.165, 1.54) is 11.0 Å². The number of fused-ring (bicyclic) bond motifs is 1. The van der Waals surface area contributed by atoms with Gasteiger partial charge in [0, 0.05) is 13.1 Å². The van der Waals surface area contributed by atoms with Gasteiger partial charge in [-0.3, -0.25) is 19.2 Å². The summed E-state index contributed by atoms with van der Waals surface area (Å²) >= 11 is 0. The Balaban J connectivity index is 1.55. The Morgan fingerprint density at radius 1 is 0.960 bits per heavy atom. The van der Waals surface area contributed by atoms with E-state index in [0.717, 1.165) is 32.1 Å². The first-order valence-electron chi connectivity index (χ1n) is 18.4. The molecule has 12 nitrogen and oxygen atoms in total. The summed E-state index contributed by atoms with van der Waals surface area (Å²) in [6.07, 6.45) is 8.18. The first-order chi connectivity index (χ1) is 23.0. The Bertz CT molecular complexity index is 1450. The predicted octanol–water partition coefficient (Wildman–Crippen LogP) is 3.65. The molecule has 0 aromatic carbocycles. The summed E-state index contributed by atoms with van der Waals surface area (Å²) in [5.74, 6) is -2.22. The molecule has 3 saturated carbocycles. The van der Waals surface area contributed by atoms with Crippen LogP contribution in [0.3, 0.4) is 0 Å². The van der Waals surface area contributed by atoms with Crippen LogP contribution in [0.15, 0.2) is 12.7 Å². The topological polar surface area (TPSA) is 171 Å². The van der Waals surface area contributed by atoms with Gasteiger partial charge >= 0.3 is 6.03 Å². The number of hydrogen-bond donors (Lipinski definition) is 4. The lowest BCUT2D eigenvalue weighted by Gasteiger charge is -2.41. The number of nitrogens with one attached hydrogen (secondary N) is 4. The highest BCUT2D eigenvalue weighted by molar-refractivity contribution is 7.92. The van der Waals surface area contributed by atoms with Crippen LogP contribution in [0.2, 0.25) is 0 Å². The van der Waals surface area contributed by atoms with Gasteiger partial charge in [0.05, 0.1) is 22.1 Å². The van der Waals surface area contributed by atoms with E-state index in [2.05, 4.69) is 41.7 Å². The van der Waals surface area contributed by atoms with E-state index in [1.54, 1.807) is 20.8 Å². The van der Waals surface area contributed by atoms with E-state index < -0.39 is 73.2 Å². The number of sulfone groups is 1. The molecule has 5 atom stereocenters. The Morgan fingerprint density at radius 3 is 2.12 bits per heavy atom. The summed E-state index contributed by atoms with van der Waals surface area (Å²) in [5.41, 5.74) is -1.93. The van der Waals surface area contributed by atoms with E-state index in [-0.39, 0.29) is 29.5 Å². The van der Waals surface area contributed by atoms with Crippen molar-refractivity contribution in [2.75, 3.05) is 18.8 Å². The average molecular weight is 720 g/mol. The van der Waals surface area contributed by atoms with Crippen molar-refractivity contribution in [3.05, 3.63) is 12.7 Å². The third-order valence-corrected chi connectivity index (χ3v) is 14.4. The van der Waals surface area contributed by atoms with Crippen LogP contribution in [-0.2, 0) is 29.0 Å². The Hall–Kier alpha value is -2.96. The fourth-order valence-corrected chi connectivity index (χ4v) is 9.42. The van der Waals surface area contributed by atoms with E-state index >= 15 is 0 Å². The quantitative estimate of drug-likeness (QED) is 0.157. The summed E-state index contributed by atoms with van der Waals surface area (Å²) in [6.45, 7) is 18.6. The monoisotopic (exact) mass is 719 g/mol. The van der Waals surface area contributed by atoms with Crippen molar-refractivity contribution in [1.82, 2.24) is 26.2 Å². The molecule has 4 fully saturated rings. The van der Waals surface area contributed by atoms with Crippen LogP contribution in [0, 0.1) is 28.6 Å². The summed E-state index contributed by atoms with van der Waals surface area (Å²) in [4.78, 5) is 69.8. The van der Waals surface area contributed by atoms with Gasteiger partial charge in [0.15, 0.2) is 9.84 Å². The lowest BCUT2D eigenvalue weighted by molar-refractivity contribution is -0.145. The number of likely N-dealkylation sites (tertiary alicyclic amines) is 1. The molecule has 13 heteroatoms. The number of piperidine rings is 1. The third-order valence-electron chi connectivity index (χ3n) is 11.6. The number of amides is 5. The minimum Gasteiger partial charge on any atom is -0.346 e. The molecule has 0 bridgehead atoms. The summed E-state index contributed by atoms with van der Waals surface area (Å²) in [7, 11) is -3.56. The minimum absolute atomic E-state index is 0.0567. The summed E-state index contributed by atoms with van der Waals surface area (Å²) < 4.78 is 25.7. The molecule has 50 heavy (non-hydrogen) atoms. The number of carbonyl (C=O) groups is 5. The second-order valence-corrected chi connectivity index (χ2v) is 20.7. The van der Waals surface area contributed by atoms with Gasteiger partial charge in [0.1, 0.15) is 12.1 Å². The van der Waals surface area contributed by atoms with Gasteiger partial charge in [-0.2, -0.15) is 0 Å². The van der Waals surface area contributed by atoms with Gasteiger partial charge in [0.25, 0.3) is 5.91 Å². The molecule has 1 saturated heterocycles. The molecule has 1 aliphatic heterocycles. The maximum Gasteiger partial charge on any atom is 0.315 e. The minimum atomic E-state index is -3.56. The van der Waals surface area contributed by atoms with Crippen LogP contribution < -0.4 is 21.3 Å². The number of urea groups is 1. The zero-order chi connectivity index (χ0) is 37.4. The third kappa shape index (κ3) is 8.91. The first-order valence-corrected chi connectivity index (χ1v) is 20.0. The van der Waals surface area contributed by atoms with Gasteiger partial charge in [-0.05, 0) is 75.0 Å². The van der Waals surface area contributed by atoms with Gasteiger partial charge in [-0.25, -0.2) is 13.2 Å². The van der Waals surface area contributed by atoms with Crippen LogP contribution in [0.4, 0.5) is 4.79 Å². The fraction of sp³-hybridized carbons (Fsp3) is 0.811. The SMILES string of the molecule is C=CCNC(=O)C(=O)C(CCC1CC1)NC(=O)[C@@H]1[C@@H]2[C@H](CN1C(=O)C(NC(=O)NC1(CS(=O)(=O)C(C)(C)C)CCCCC1)C(C)(C)C)C2(C)C. The Morgan fingerprint density at radius 2 is 1.58 bits per heavy atom. The predicted molar refractivity (Wildman–Crippen MR) is 193 cm³/mol. The number of Topliss-reactive ketones (excluding diaryl/α,β-unsaturated/α-hetero) is 1. The Kier molecular flexibility index (Phi) is 11.6. The highest BCUT2D eigenvalue weighted by atomic mass is 32.2. The maximum absolute atomic E-state index is 14.5. The van der Waals surface area contributed by atoms with Crippen molar-refractivity contribution in [3.63, 3.8) is 0 Å². The lowest BCUT2D eigenvalue weighted by atomic mass is 9.83. The number of hydrogen-bond acceptors (Lipinski definition) is 7. The van der Waals surface area contributed by atoms with Crippen LogP contribution in [0.5, 0.6) is 0 Å². The highest BCUT2D eigenvalue weighted by Gasteiger charge is 2.70. The number of carbonyl (C=O) groups excluding carboxylic acids is 5. The standard InChI is InChI=1S/C37H61N5O7S/c1-10-20-38-31(45)28(43)25(17-16-23-14-15-23)39-30(44)27-26-24(36(26,8)9)21-42(27)32(46)29(34(2,3)4)40-33(47)41-37(18-12-11-13-19-37)22-50(48,49)35(5,6)7/h10,23-27,29H,1,11-22H2,2-9H3,(H,38,45)(H,39,44)(H2,40,41,47)/t24-,25?,26-,27-,29?/m0/s1. The van der Waals surface area contributed by atoms with Crippen molar-refractivity contribution in [2.24, 2.45) is 28.6 Å². The number of nitrogens with zero attached hydrogens (tertiary/aromatic N) is 1. The highest BCUT2D eigenvalue weighted by Crippen LogP contribution is 2.65. The molecule has 5 amide bonds. The molecule has 0 aromatic rings. The maximum atomic E-state index is 14.5. The molecular formula is C37H61N5O7S. The molecule has 282 valence electrons. The summed E-state index contributed by atoms with van der Waals surface area (Å²) in [5, 5.41) is 11.3. The van der Waals surface area contributed by atoms with Crippen LogP contribution in [0.25, 0.3) is 0 Å². The normalized spacial score (nSPS) is 25.4. The van der Waals surface area contributed by atoms with Crippen LogP contribution in [0.1, 0.15) is 113 Å². The van der Waals surface area contributed by atoms with Gasteiger partial charge < -0.3 is 26.2 Å². The molecule has 4 rings (SSSR count). The average Bonchev–Trinajstić information content (AvgIpc) is 3.87. The van der Waals surface area contributed by atoms with E-state index in [1.807, 2.05) is 20.8 Å². The van der Waals surface area contributed by atoms with E-state index in [9.17, 15) is 32.4 Å². The van der Waals surface area contributed by atoms with Crippen LogP contribution >= 0.6 is 0 Å². The van der Waals surface area contributed by atoms with Gasteiger partial charge in [-0.1, -0.05) is 72.8 Å². The molecule has 0 aromatic heterocycles. The molecule has 4 aliphatic rings. The molecule has 2 unspecified atom stereocenters. The van der Waals surface area contributed by atoms with Crippen molar-refractivity contribution in [2.45, 2.75) is 142 Å². The molecule has 1 heterocycles. The molecule has 3 aliphatic carbocycles. The van der Waals surface area contributed by atoms with Gasteiger partial charge in [-0.15, -0.1) is 6.58 Å². The molecule has 4 N–H and O–H groups in total. The summed E-state index contributed by atoms with van der Waals surface area (Å²) in [6, 6.07) is -3.56. The largest absolute Gasteiger partial charge is 0.346 e. The smallest absolute Gasteiger partial charge is 0.315 e. The zero-order valence-electron chi connectivity index (χ0n) is 31.4. The fourth-order valence-electron chi connectivity index (χ4n) is 7.90. The van der Waals surface area contributed by atoms with Crippen molar-refractivity contribution < 1.29 is 32.4 Å². The van der Waals surface area contributed by atoms with Crippen molar-refractivity contribution in [3.8, 4) is 0 Å². The van der Waals surface area contributed by atoms with Crippen LogP contribution in [-0.4, -0.2) is 90.1 Å². The number of rotatable bonds is 14. The van der Waals surface area contributed by atoms with E-state index in [0.29, 0.717) is 38.1 Å². The second-order valence-electron chi connectivity index (χ2n) is 17.9. The molecule has 0 spiro atoms. The number of ketones is 1. The van der Waals surface area contributed by atoms with E-state index in [4.69, 9.17) is 0 Å². The van der Waals surface area contributed by atoms with Gasteiger partial charge in [0.2, 0.25) is 17.6 Å². The lowest BCUT2D eigenvalue weighted by Crippen LogP contribution is -2.64. The van der Waals surface area contributed by atoms with Crippen molar-refractivity contribution in [1.29, 1.82) is 0 Å². The molecular weight excluding hydrogens is 659 g/mol. The molecule has 0 radical (unpaired) electrons. The Labute approximate surface area is 299 Å². The second kappa shape index (κ2) is 14.6. The zero-order valence-corrected chi connectivity index (χ0v) is 32.3.